The molecule has 3 rings (SSSR count). The third kappa shape index (κ3) is 5.41. The molecule has 1 aliphatic rings. The van der Waals surface area contributed by atoms with Crippen molar-refractivity contribution in [1.82, 2.24) is 20.2 Å². The quantitative estimate of drug-likeness (QED) is 0.708. The van der Waals surface area contributed by atoms with E-state index in [0.29, 0.717) is 22.7 Å². The van der Waals surface area contributed by atoms with Gasteiger partial charge in [0.2, 0.25) is 0 Å². The number of piperidine rings is 1. The minimum atomic E-state index is -0.758. The first-order valence-electron chi connectivity index (χ1n) is 9.94. The Morgan fingerprint density at radius 3 is 2.86 bits per heavy atom. The van der Waals surface area contributed by atoms with Crippen molar-refractivity contribution in [2.75, 3.05) is 38.7 Å². The van der Waals surface area contributed by atoms with Crippen LogP contribution in [0.2, 0.25) is 0 Å². The molecule has 0 aliphatic carbocycles. The summed E-state index contributed by atoms with van der Waals surface area (Å²) in [6.45, 7) is 4.41. The number of anilines is 1. The zero-order valence-electron chi connectivity index (χ0n) is 16.9. The zero-order chi connectivity index (χ0) is 20.6. The molecule has 1 aromatic heterocycles. The highest BCUT2D eigenvalue weighted by Gasteiger charge is 2.23. The van der Waals surface area contributed by atoms with Gasteiger partial charge in [-0.15, -0.1) is 0 Å². The fourth-order valence-electron chi connectivity index (χ4n) is 3.55. The van der Waals surface area contributed by atoms with Crippen LogP contribution in [0, 0.1) is 0 Å². The van der Waals surface area contributed by atoms with E-state index in [1.54, 1.807) is 31.4 Å². The summed E-state index contributed by atoms with van der Waals surface area (Å²) in [5.74, 6) is 0.747. The number of hydrogen-bond donors (Lipinski definition) is 2. The van der Waals surface area contributed by atoms with Crippen molar-refractivity contribution in [3.8, 4) is 5.75 Å². The molecule has 8 heteroatoms. The molecule has 29 heavy (non-hydrogen) atoms. The largest absolute Gasteiger partial charge is 0.497 e. The number of alkyl halides is 1. The van der Waals surface area contributed by atoms with E-state index in [9.17, 15) is 9.18 Å². The van der Waals surface area contributed by atoms with Gasteiger partial charge < -0.3 is 20.3 Å². The molecule has 0 saturated carbocycles. The third-order valence-electron chi connectivity index (χ3n) is 5.23. The molecular weight excluding hydrogens is 373 g/mol. The molecule has 0 bridgehead atoms. The molecule has 1 fully saturated rings. The van der Waals surface area contributed by atoms with Crippen LogP contribution in [-0.4, -0.2) is 60.2 Å². The number of ether oxygens (including phenoxy) is 1. The lowest BCUT2D eigenvalue weighted by Gasteiger charge is -2.32. The highest BCUT2D eigenvalue weighted by molar-refractivity contribution is 5.98. The average molecular weight is 401 g/mol. The van der Waals surface area contributed by atoms with Gasteiger partial charge in [0.25, 0.3) is 5.91 Å². The van der Waals surface area contributed by atoms with E-state index in [0.717, 1.165) is 32.5 Å². The molecule has 1 aliphatic heterocycles. The van der Waals surface area contributed by atoms with E-state index in [4.69, 9.17) is 4.74 Å². The molecular formula is C21H28FN5O2. The van der Waals surface area contributed by atoms with Crippen molar-refractivity contribution in [3.63, 3.8) is 0 Å². The number of nitrogens with one attached hydrogen (secondary N) is 2. The Labute approximate surface area is 170 Å². The van der Waals surface area contributed by atoms with Crippen LogP contribution < -0.4 is 15.4 Å². The monoisotopic (exact) mass is 401 g/mol. The molecule has 1 saturated heterocycles. The summed E-state index contributed by atoms with van der Waals surface area (Å²) in [5, 5.41) is 6.13. The Kier molecular flexibility index (Phi) is 7.35. The van der Waals surface area contributed by atoms with Crippen LogP contribution in [0.3, 0.4) is 0 Å². The van der Waals surface area contributed by atoms with Gasteiger partial charge in [0.05, 0.1) is 13.2 Å². The predicted molar refractivity (Wildman–Crippen MR) is 110 cm³/mol. The average Bonchev–Trinajstić information content (AvgIpc) is 2.78. The summed E-state index contributed by atoms with van der Waals surface area (Å²) in [5.41, 5.74) is 0.979. The van der Waals surface area contributed by atoms with Crippen molar-refractivity contribution in [1.29, 1.82) is 0 Å². The smallest absolute Gasteiger partial charge is 0.257 e. The van der Waals surface area contributed by atoms with Gasteiger partial charge >= 0.3 is 0 Å². The van der Waals surface area contributed by atoms with Crippen LogP contribution in [0.5, 0.6) is 5.75 Å². The molecule has 2 heterocycles. The van der Waals surface area contributed by atoms with Crippen molar-refractivity contribution in [2.45, 2.75) is 31.8 Å². The lowest BCUT2D eigenvalue weighted by molar-refractivity contribution is 0.0929. The number of aromatic nitrogens is 2. The summed E-state index contributed by atoms with van der Waals surface area (Å²) in [6.07, 6.45) is 4.99. The van der Waals surface area contributed by atoms with Crippen LogP contribution in [0.15, 0.2) is 36.8 Å². The summed E-state index contributed by atoms with van der Waals surface area (Å²) < 4.78 is 18.8. The number of likely N-dealkylation sites (N-methyl/N-ethyl adjacent to an activating group) is 1. The number of rotatable bonds is 8. The van der Waals surface area contributed by atoms with E-state index >= 15 is 0 Å². The Bertz CT molecular complexity index is 802. The Morgan fingerprint density at radius 2 is 2.17 bits per heavy atom. The molecule has 156 valence electrons. The van der Waals surface area contributed by atoms with Crippen molar-refractivity contribution in [2.24, 2.45) is 0 Å². The maximum absolute atomic E-state index is 13.7. The predicted octanol–water partition coefficient (Wildman–Crippen LogP) is 2.82. The number of likely N-dealkylation sites (tertiary alicyclic amines) is 1. The second-order valence-electron chi connectivity index (χ2n) is 7.12. The SMILES string of the molecule is CCN1CCC[C@H](Nc2ncncc2C(=O)NC(CF)c2ccc(OC)cc2)C1. The number of benzene rings is 1. The van der Waals surface area contributed by atoms with Crippen LogP contribution in [0.25, 0.3) is 0 Å². The van der Waals surface area contributed by atoms with E-state index in [-0.39, 0.29) is 6.04 Å². The number of amides is 1. The minimum Gasteiger partial charge on any atom is -0.497 e. The Morgan fingerprint density at radius 1 is 1.38 bits per heavy atom. The number of carbonyl (C=O) groups is 1. The first-order chi connectivity index (χ1) is 14.1. The number of nitrogens with zero attached hydrogens (tertiary/aromatic N) is 3. The van der Waals surface area contributed by atoms with Crippen LogP contribution in [0.1, 0.15) is 41.7 Å². The molecule has 1 aromatic carbocycles. The minimum absolute atomic E-state index is 0.212. The fraction of sp³-hybridized carbons (Fsp3) is 0.476. The van der Waals surface area contributed by atoms with E-state index in [1.807, 2.05) is 0 Å². The normalized spacial score (nSPS) is 18.1. The topological polar surface area (TPSA) is 79.4 Å². The second-order valence-corrected chi connectivity index (χ2v) is 7.12. The van der Waals surface area contributed by atoms with Gasteiger partial charge in [-0.1, -0.05) is 19.1 Å². The Hall–Kier alpha value is -2.74. The molecule has 7 nitrogen and oxygen atoms in total. The number of carbonyl (C=O) groups excluding carboxylic acids is 1. The van der Waals surface area contributed by atoms with Gasteiger partial charge in [-0.25, -0.2) is 14.4 Å². The second kappa shape index (κ2) is 10.2. The van der Waals surface area contributed by atoms with Crippen LogP contribution in [-0.2, 0) is 0 Å². The van der Waals surface area contributed by atoms with Gasteiger partial charge in [-0.2, -0.15) is 0 Å². The first-order valence-corrected chi connectivity index (χ1v) is 9.94. The number of methoxy groups -OCH3 is 1. The fourth-order valence-corrected chi connectivity index (χ4v) is 3.55. The van der Waals surface area contributed by atoms with Crippen molar-refractivity contribution >= 4 is 11.7 Å². The summed E-state index contributed by atoms with van der Waals surface area (Å²) >= 11 is 0. The lowest BCUT2D eigenvalue weighted by Crippen LogP contribution is -2.42. The Balaban J connectivity index is 1.71. The summed E-state index contributed by atoms with van der Waals surface area (Å²) in [7, 11) is 1.57. The summed E-state index contributed by atoms with van der Waals surface area (Å²) in [4.78, 5) is 23.5. The van der Waals surface area contributed by atoms with E-state index in [1.165, 1.54) is 12.5 Å². The first kappa shape index (κ1) is 21.0. The van der Waals surface area contributed by atoms with Gasteiger partial charge in [0, 0.05) is 18.8 Å². The number of hydrogen-bond acceptors (Lipinski definition) is 6. The van der Waals surface area contributed by atoms with Crippen LogP contribution >= 0.6 is 0 Å². The molecule has 0 radical (unpaired) electrons. The van der Waals surface area contributed by atoms with Gasteiger partial charge in [-0.05, 0) is 43.6 Å². The number of halogens is 1. The zero-order valence-corrected chi connectivity index (χ0v) is 16.9. The highest BCUT2D eigenvalue weighted by Crippen LogP contribution is 2.21. The highest BCUT2D eigenvalue weighted by atomic mass is 19.1. The van der Waals surface area contributed by atoms with Gasteiger partial charge in [0.1, 0.15) is 30.1 Å². The van der Waals surface area contributed by atoms with Crippen LogP contribution in [0.4, 0.5) is 10.2 Å². The van der Waals surface area contributed by atoms with Crippen molar-refractivity contribution in [3.05, 3.63) is 47.9 Å². The lowest BCUT2D eigenvalue weighted by atomic mass is 10.1. The van der Waals surface area contributed by atoms with E-state index in [2.05, 4.69) is 32.4 Å². The van der Waals surface area contributed by atoms with Gasteiger partial charge in [0.15, 0.2) is 0 Å². The van der Waals surface area contributed by atoms with Gasteiger partial charge in [-0.3, -0.25) is 4.79 Å². The molecule has 2 aromatic rings. The maximum atomic E-state index is 13.7. The standard InChI is InChI=1S/C21H28FN5O2/c1-3-27-10-4-5-16(13-27)25-20-18(12-23-14-24-20)21(28)26-19(11-22)15-6-8-17(29-2)9-7-15/h6-9,12,14,16,19H,3-5,10-11,13H2,1-2H3,(H,26,28)(H,23,24,25)/t16-,19?/m0/s1. The van der Waals surface area contributed by atoms with E-state index < -0.39 is 18.6 Å². The molecule has 1 unspecified atom stereocenters. The maximum Gasteiger partial charge on any atom is 0.257 e. The molecule has 1 amide bonds. The summed E-state index contributed by atoms with van der Waals surface area (Å²) in [6, 6.07) is 6.42. The molecule has 0 spiro atoms. The molecule has 2 N–H and O–H groups in total. The third-order valence-corrected chi connectivity index (χ3v) is 5.23. The molecule has 2 atom stereocenters. The van der Waals surface area contributed by atoms with Crippen molar-refractivity contribution < 1.29 is 13.9 Å².